The maximum atomic E-state index is 11.9. The van der Waals surface area contributed by atoms with E-state index in [1.165, 1.54) is 6.33 Å². The molecule has 0 aliphatic rings. The van der Waals surface area contributed by atoms with E-state index in [1.807, 2.05) is 13.8 Å². The Bertz CT molecular complexity index is 560. The summed E-state index contributed by atoms with van der Waals surface area (Å²) in [4.78, 5) is 15.8. The summed E-state index contributed by atoms with van der Waals surface area (Å²) < 4.78 is 1.58. The van der Waals surface area contributed by atoms with Gasteiger partial charge in [0.05, 0.1) is 5.56 Å². The molecule has 6 nitrogen and oxygen atoms in total. The maximum absolute atomic E-state index is 11.9. The zero-order valence-electron chi connectivity index (χ0n) is 9.90. The summed E-state index contributed by atoms with van der Waals surface area (Å²) in [6, 6.07) is 0. The van der Waals surface area contributed by atoms with Gasteiger partial charge in [0.2, 0.25) is 0 Å². The van der Waals surface area contributed by atoms with Gasteiger partial charge in [0, 0.05) is 12.7 Å². The number of nitrogen functional groups attached to an aromatic ring is 1. The molecule has 0 saturated carbocycles. The fraction of sp³-hybridized carbons (Fsp3) is 0.364. The lowest BCUT2D eigenvalue weighted by atomic mass is 10.2. The van der Waals surface area contributed by atoms with Gasteiger partial charge in [-0.25, -0.2) is 9.50 Å². The lowest BCUT2D eigenvalue weighted by Crippen LogP contribution is -2.24. The van der Waals surface area contributed by atoms with Gasteiger partial charge in [0.25, 0.3) is 5.91 Å². The first-order valence-corrected chi connectivity index (χ1v) is 5.51. The van der Waals surface area contributed by atoms with E-state index in [0.717, 1.165) is 12.0 Å². The molecule has 0 spiro atoms. The number of carbonyl (C=O) groups excluding carboxylic acids is 1. The van der Waals surface area contributed by atoms with Crippen LogP contribution in [0.5, 0.6) is 0 Å². The Hall–Kier alpha value is -2.11. The molecule has 0 bridgehead atoms. The van der Waals surface area contributed by atoms with Crippen molar-refractivity contribution in [2.24, 2.45) is 0 Å². The molecular weight excluding hydrogens is 218 g/mol. The number of fused-ring (bicyclic) bond motifs is 1. The fourth-order valence-corrected chi connectivity index (χ4v) is 1.75. The average Bonchev–Trinajstić information content (AvgIpc) is 2.65. The van der Waals surface area contributed by atoms with E-state index in [9.17, 15) is 4.79 Å². The number of rotatable bonds is 3. The number of anilines is 1. The van der Waals surface area contributed by atoms with Gasteiger partial charge in [0.15, 0.2) is 5.82 Å². The monoisotopic (exact) mass is 233 g/mol. The van der Waals surface area contributed by atoms with E-state index in [1.54, 1.807) is 10.7 Å². The Kier molecular flexibility index (Phi) is 2.95. The van der Waals surface area contributed by atoms with Crippen LogP contribution in [-0.4, -0.2) is 27.0 Å². The highest BCUT2D eigenvalue weighted by atomic mass is 16.1. The van der Waals surface area contributed by atoms with E-state index in [0.29, 0.717) is 23.4 Å². The van der Waals surface area contributed by atoms with Gasteiger partial charge in [-0.1, -0.05) is 6.92 Å². The summed E-state index contributed by atoms with van der Waals surface area (Å²) in [5.74, 6) is 0.279. The molecule has 3 N–H and O–H groups in total. The first-order chi connectivity index (χ1) is 8.15. The Labute approximate surface area is 98.8 Å². The second-order valence-electron chi connectivity index (χ2n) is 3.86. The van der Waals surface area contributed by atoms with Crippen molar-refractivity contribution in [2.45, 2.75) is 20.3 Å². The van der Waals surface area contributed by atoms with Gasteiger partial charge in [-0.15, -0.1) is 0 Å². The molecule has 0 radical (unpaired) electrons. The van der Waals surface area contributed by atoms with Crippen LogP contribution in [0, 0.1) is 6.92 Å². The van der Waals surface area contributed by atoms with Crippen LogP contribution in [0.1, 0.15) is 29.3 Å². The van der Waals surface area contributed by atoms with Crippen molar-refractivity contribution >= 4 is 17.2 Å². The Morgan fingerprint density at radius 3 is 3.00 bits per heavy atom. The Balaban J connectivity index is 2.46. The summed E-state index contributed by atoms with van der Waals surface area (Å²) in [6.07, 6.45) is 3.95. The predicted molar refractivity (Wildman–Crippen MR) is 64.8 cm³/mol. The van der Waals surface area contributed by atoms with Crippen molar-refractivity contribution < 1.29 is 4.79 Å². The number of aromatic nitrogens is 3. The number of nitrogens with one attached hydrogen (secondary N) is 1. The number of nitrogens with two attached hydrogens (primary N) is 1. The van der Waals surface area contributed by atoms with E-state index in [-0.39, 0.29) is 5.91 Å². The molecule has 0 aliphatic carbocycles. The van der Waals surface area contributed by atoms with Gasteiger partial charge >= 0.3 is 0 Å². The topological polar surface area (TPSA) is 85.3 Å². The summed E-state index contributed by atoms with van der Waals surface area (Å²) in [7, 11) is 0. The lowest BCUT2D eigenvalue weighted by Gasteiger charge is -2.01. The highest BCUT2D eigenvalue weighted by Crippen LogP contribution is 2.20. The van der Waals surface area contributed by atoms with Gasteiger partial charge in [-0.2, -0.15) is 5.10 Å². The third kappa shape index (κ3) is 1.93. The van der Waals surface area contributed by atoms with Crippen molar-refractivity contribution in [3.8, 4) is 0 Å². The normalized spacial score (nSPS) is 10.7. The van der Waals surface area contributed by atoms with Crippen LogP contribution >= 0.6 is 0 Å². The summed E-state index contributed by atoms with van der Waals surface area (Å²) in [5.41, 5.74) is 7.85. The second-order valence-corrected chi connectivity index (χ2v) is 3.86. The minimum absolute atomic E-state index is 0.103. The molecule has 90 valence electrons. The first kappa shape index (κ1) is 11.4. The number of hydrogen-bond acceptors (Lipinski definition) is 4. The average molecular weight is 233 g/mol. The molecule has 6 heteroatoms. The third-order valence-corrected chi connectivity index (χ3v) is 2.64. The summed E-state index contributed by atoms with van der Waals surface area (Å²) >= 11 is 0. The number of aryl methyl sites for hydroxylation is 1. The molecule has 17 heavy (non-hydrogen) atoms. The van der Waals surface area contributed by atoms with Gasteiger partial charge in [-0.3, -0.25) is 4.79 Å². The summed E-state index contributed by atoms with van der Waals surface area (Å²) in [5, 5.41) is 6.86. The molecule has 0 aromatic carbocycles. The number of hydrogen-bond donors (Lipinski definition) is 2. The molecule has 0 saturated heterocycles. The number of nitrogens with zero attached hydrogens (tertiary/aromatic N) is 3. The van der Waals surface area contributed by atoms with Crippen LogP contribution in [-0.2, 0) is 0 Å². The molecule has 0 fully saturated rings. The van der Waals surface area contributed by atoms with Crippen LogP contribution in [0.2, 0.25) is 0 Å². The zero-order chi connectivity index (χ0) is 12.4. The van der Waals surface area contributed by atoms with E-state index >= 15 is 0 Å². The van der Waals surface area contributed by atoms with E-state index in [4.69, 9.17) is 5.73 Å². The minimum atomic E-state index is -0.103. The van der Waals surface area contributed by atoms with Crippen molar-refractivity contribution in [3.05, 3.63) is 23.7 Å². The quantitative estimate of drug-likeness (QED) is 0.819. The highest BCUT2D eigenvalue weighted by molar-refractivity contribution is 5.98. The largest absolute Gasteiger partial charge is 0.382 e. The van der Waals surface area contributed by atoms with Crippen LogP contribution in [0.4, 0.5) is 5.82 Å². The fourth-order valence-electron chi connectivity index (χ4n) is 1.75. The minimum Gasteiger partial charge on any atom is -0.382 e. The van der Waals surface area contributed by atoms with Crippen LogP contribution in [0.25, 0.3) is 5.52 Å². The molecule has 0 unspecified atom stereocenters. The Morgan fingerprint density at radius 1 is 1.59 bits per heavy atom. The Morgan fingerprint density at radius 2 is 2.35 bits per heavy atom. The van der Waals surface area contributed by atoms with Crippen molar-refractivity contribution in [1.82, 2.24) is 19.9 Å². The van der Waals surface area contributed by atoms with Crippen molar-refractivity contribution in [2.75, 3.05) is 12.3 Å². The SMILES string of the molecule is CCCNC(=O)c1cn2ncnc(N)c2c1C. The van der Waals surface area contributed by atoms with Crippen molar-refractivity contribution in [3.63, 3.8) is 0 Å². The first-order valence-electron chi connectivity index (χ1n) is 5.51. The second kappa shape index (κ2) is 4.40. The number of carbonyl (C=O) groups is 1. The molecule has 2 rings (SSSR count). The van der Waals surface area contributed by atoms with Crippen molar-refractivity contribution in [1.29, 1.82) is 0 Å². The molecule has 2 heterocycles. The zero-order valence-corrected chi connectivity index (χ0v) is 9.90. The highest BCUT2D eigenvalue weighted by Gasteiger charge is 2.16. The smallest absolute Gasteiger partial charge is 0.253 e. The standard InChI is InChI=1S/C11H15N5O/c1-3-4-13-11(17)8-5-16-9(7(8)2)10(12)14-6-15-16/h5-6H,3-4H2,1-2H3,(H,13,17)(H2,12,14,15). The number of amides is 1. The van der Waals surface area contributed by atoms with Gasteiger partial charge in [-0.05, 0) is 18.9 Å². The van der Waals surface area contributed by atoms with E-state index < -0.39 is 0 Å². The molecule has 0 atom stereocenters. The van der Waals surface area contributed by atoms with Gasteiger partial charge in [0.1, 0.15) is 11.8 Å². The lowest BCUT2D eigenvalue weighted by molar-refractivity contribution is 0.0953. The van der Waals surface area contributed by atoms with Crippen LogP contribution in [0.3, 0.4) is 0 Å². The molecular formula is C11H15N5O. The summed E-state index contributed by atoms with van der Waals surface area (Å²) in [6.45, 7) is 4.51. The molecule has 0 aliphatic heterocycles. The molecule has 1 amide bonds. The molecule has 2 aromatic heterocycles. The van der Waals surface area contributed by atoms with Gasteiger partial charge < -0.3 is 11.1 Å². The maximum Gasteiger partial charge on any atom is 0.253 e. The van der Waals surface area contributed by atoms with E-state index in [2.05, 4.69) is 15.4 Å². The van der Waals surface area contributed by atoms with Crippen LogP contribution < -0.4 is 11.1 Å². The predicted octanol–water partition coefficient (Wildman–Crippen LogP) is 0.760. The molecule has 2 aromatic rings. The van der Waals surface area contributed by atoms with Crippen LogP contribution in [0.15, 0.2) is 12.5 Å². The third-order valence-electron chi connectivity index (χ3n) is 2.64.